The second kappa shape index (κ2) is 11.1. The van der Waals surface area contributed by atoms with Crippen LogP contribution in [0.3, 0.4) is 0 Å². The molecule has 0 bridgehead atoms. The van der Waals surface area contributed by atoms with Gasteiger partial charge in [-0.2, -0.15) is 0 Å². The smallest absolute Gasteiger partial charge is 0.261 e. The van der Waals surface area contributed by atoms with Crippen LogP contribution in [0.15, 0.2) is 78.9 Å². The third kappa shape index (κ3) is 6.45. The molecule has 1 unspecified atom stereocenters. The number of amides is 2. The summed E-state index contributed by atoms with van der Waals surface area (Å²) in [5, 5.41) is 2.73. The molecule has 166 valence electrons. The third-order valence-electron chi connectivity index (χ3n) is 5.30. The number of likely N-dealkylation sites (N-methyl/N-ethyl adjacent to an activating group) is 1. The SMILES string of the molecule is CNC(=O)C(Cc1ccccc1)N(Cc1cccc(C)c1)C(=O)COc1cccc(C)c1. The molecule has 0 aliphatic carbocycles. The fraction of sp³-hybridized carbons (Fsp3) is 0.259. The number of aryl methyl sites for hydroxylation is 2. The number of hydrogen-bond acceptors (Lipinski definition) is 3. The van der Waals surface area contributed by atoms with Gasteiger partial charge in [0.2, 0.25) is 5.91 Å². The van der Waals surface area contributed by atoms with E-state index in [2.05, 4.69) is 5.32 Å². The van der Waals surface area contributed by atoms with Gasteiger partial charge in [-0.25, -0.2) is 0 Å². The highest BCUT2D eigenvalue weighted by atomic mass is 16.5. The van der Waals surface area contributed by atoms with Crippen molar-refractivity contribution in [2.24, 2.45) is 0 Å². The summed E-state index contributed by atoms with van der Waals surface area (Å²) < 4.78 is 5.78. The molecule has 3 aromatic rings. The van der Waals surface area contributed by atoms with Crippen LogP contribution < -0.4 is 10.1 Å². The van der Waals surface area contributed by atoms with E-state index in [0.717, 1.165) is 22.3 Å². The summed E-state index contributed by atoms with van der Waals surface area (Å²) in [7, 11) is 1.60. The zero-order valence-corrected chi connectivity index (χ0v) is 18.9. The van der Waals surface area contributed by atoms with E-state index < -0.39 is 6.04 Å². The van der Waals surface area contributed by atoms with Crippen LogP contribution in [-0.4, -0.2) is 36.4 Å². The fourth-order valence-electron chi connectivity index (χ4n) is 3.66. The Hall–Kier alpha value is -3.60. The van der Waals surface area contributed by atoms with Gasteiger partial charge in [-0.15, -0.1) is 0 Å². The molecule has 0 heterocycles. The molecule has 1 N–H and O–H groups in total. The maximum absolute atomic E-state index is 13.4. The Morgan fingerprint density at radius 3 is 2.19 bits per heavy atom. The summed E-state index contributed by atoms with van der Waals surface area (Å²) in [6.45, 7) is 4.16. The van der Waals surface area contributed by atoms with Crippen LogP contribution in [0.1, 0.15) is 22.3 Å². The van der Waals surface area contributed by atoms with Gasteiger partial charge in [0.25, 0.3) is 5.91 Å². The first-order chi connectivity index (χ1) is 15.5. The lowest BCUT2D eigenvalue weighted by Gasteiger charge is -2.31. The number of ether oxygens (including phenoxy) is 1. The first-order valence-electron chi connectivity index (χ1n) is 10.8. The molecule has 0 spiro atoms. The van der Waals surface area contributed by atoms with Crippen molar-refractivity contribution in [3.8, 4) is 5.75 Å². The molecule has 1 atom stereocenters. The lowest BCUT2D eigenvalue weighted by molar-refractivity contribution is -0.142. The van der Waals surface area contributed by atoms with Gasteiger partial charge in [0.15, 0.2) is 6.61 Å². The molecule has 5 heteroatoms. The van der Waals surface area contributed by atoms with Crippen LogP contribution in [0.2, 0.25) is 0 Å². The van der Waals surface area contributed by atoms with Gasteiger partial charge < -0.3 is 15.0 Å². The van der Waals surface area contributed by atoms with Gasteiger partial charge in [0.1, 0.15) is 11.8 Å². The highest BCUT2D eigenvalue weighted by Crippen LogP contribution is 2.17. The molecule has 3 rings (SSSR count). The van der Waals surface area contributed by atoms with E-state index in [4.69, 9.17) is 4.74 Å². The molecular formula is C27H30N2O3. The van der Waals surface area contributed by atoms with Gasteiger partial charge in [-0.3, -0.25) is 9.59 Å². The van der Waals surface area contributed by atoms with Gasteiger partial charge in [0.05, 0.1) is 0 Å². The topological polar surface area (TPSA) is 58.6 Å². The van der Waals surface area contributed by atoms with E-state index in [-0.39, 0.29) is 18.4 Å². The molecular weight excluding hydrogens is 400 g/mol. The van der Waals surface area contributed by atoms with Gasteiger partial charge in [-0.05, 0) is 42.7 Å². The molecule has 0 radical (unpaired) electrons. The Bertz CT molecular complexity index is 1050. The Balaban J connectivity index is 1.87. The predicted molar refractivity (Wildman–Crippen MR) is 126 cm³/mol. The monoisotopic (exact) mass is 430 g/mol. The minimum atomic E-state index is -0.656. The van der Waals surface area contributed by atoms with E-state index in [1.165, 1.54) is 0 Å². The normalized spacial score (nSPS) is 11.5. The fourth-order valence-corrected chi connectivity index (χ4v) is 3.66. The van der Waals surface area contributed by atoms with Gasteiger partial charge in [-0.1, -0.05) is 72.3 Å². The lowest BCUT2D eigenvalue weighted by Crippen LogP contribution is -2.51. The molecule has 0 aromatic heterocycles. The van der Waals surface area contributed by atoms with Crippen molar-refractivity contribution in [2.75, 3.05) is 13.7 Å². The molecule has 3 aromatic carbocycles. The second-order valence-electron chi connectivity index (χ2n) is 7.94. The minimum absolute atomic E-state index is 0.141. The van der Waals surface area contributed by atoms with E-state index >= 15 is 0 Å². The van der Waals surface area contributed by atoms with E-state index in [1.54, 1.807) is 11.9 Å². The number of nitrogens with one attached hydrogen (secondary N) is 1. The van der Waals surface area contributed by atoms with Crippen LogP contribution in [-0.2, 0) is 22.6 Å². The molecule has 0 saturated carbocycles. The van der Waals surface area contributed by atoms with Crippen LogP contribution in [0.4, 0.5) is 0 Å². The maximum atomic E-state index is 13.4. The summed E-state index contributed by atoms with van der Waals surface area (Å²) in [6.07, 6.45) is 0.419. The summed E-state index contributed by atoms with van der Waals surface area (Å²) in [5.74, 6) is 0.191. The number of carbonyl (C=O) groups excluding carboxylic acids is 2. The molecule has 0 aliphatic rings. The van der Waals surface area contributed by atoms with Crippen molar-refractivity contribution in [1.82, 2.24) is 10.2 Å². The van der Waals surface area contributed by atoms with E-state index in [0.29, 0.717) is 18.7 Å². The summed E-state index contributed by atoms with van der Waals surface area (Å²) in [5.41, 5.74) is 4.11. The molecule has 0 saturated heterocycles. The zero-order valence-electron chi connectivity index (χ0n) is 18.9. The molecule has 0 fully saturated rings. The minimum Gasteiger partial charge on any atom is -0.484 e. The average Bonchev–Trinajstić information content (AvgIpc) is 2.80. The lowest BCUT2D eigenvalue weighted by atomic mass is 10.0. The summed E-state index contributed by atoms with van der Waals surface area (Å²) in [6, 6.07) is 24.6. The third-order valence-corrected chi connectivity index (χ3v) is 5.30. The quantitative estimate of drug-likeness (QED) is 0.557. The molecule has 5 nitrogen and oxygen atoms in total. The van der Waals surface area contributed by atoms with Crippen LogP contribution in [0.5, 0.6) is 5.75 Å². The highest BCUT2D eigenvalue weighted by Gasteiger charge is 2.30. The Morgan fingerprint density at radius 1 is 0.875 bits per heavy atom. The second-order valence-corrected chi connectivity index (χ2v) is 7.94. The van der Waals surface area contributed by atoms with Crippen molar-refractivity contribution >= 4 is 11.8 Å². The highest BCUT2D eigenvalue weighted by molar-refractivity contribution is 5.88. The summed E-state index contributed by atoms with van der Waals surface area (Å²) in [4.78, 5) is 27.9. The van der Waals surface area contributed by atoms with Crippen molar-refractivity contribution in [1.29, 1.82) is 0 Å². The predicted octanol–water partition coefficient (Wildman–Crippen LogP) is 4.07. The van der Waals surface area contributed by atoms with E-state index in [1.807, 2.05) is 92.7 Å². The Labute approximate surface area is 190 Å². The van der Waals surface area contributed by atoms with Crippen molar-refractivity contribution in [3.05, 3.63) is 101 Å². The zero-order chi connectivity index (χ0) is 22.9. The number of rotatable bonds is 9. The first kappa shape index (κ1) is 23.1. The summed E-state index contributed by atoms with van der Waals surface area (Å²) >= 11 is 0. The standard InChI is InChI=1S/C27H30N2O3/c1-20-9-7-13-23(15-20)18-29(26(30)19-32-24-14-8-10-21(2)16-24)25(27(31)28-3)17-22-11-5-4-6-12-22/h4-16,25H,17-19H2,1-3H3,(H,28,31). The number of carbonyl (C=O) groups is 2. The Morgan fingerprint density at radius 2 is 1.53 bits per heavy atom. The van der Waals surface area contributed by atoms with Gasteiger partial charge >= 0.3 is 0 Å². The largest absolute Gasteiger partial charge is 0.484 e. The number of benzene rings is 3. The van der Waals surface area contributed by atoms with Crippen molar-refractivity contribution in [3.63, 3.8) is 0 Å². The van der Waals surface area contributed by atoms with Crippen LogP contribution in [0.25, 0.3) is 0 Å². The van der Waals surface area contributed by atoms with Crippen LogP contribution in [0, 0.1) is 13.8 Å². The van der Waals surface area contributed by atoms with Crippen molar-refractivity contribution < 1.29 is 14.3 Å². The van der Waals surface area contributed by atoms with E-state index in [9.17, 15) is 9.59 Å². The molecule has 2 amide bonds. The molecule has 32 heavy (non-hydrogen) atoms. The van der Waals surface area contributed by atoms with Crippen LogP contribution >= 0.6 is 0 Å². The maximum Gasteiger partial charge on any atom is 0.261 e. The van der Waals surface area contributed by atoms with Crippen molar-refractivity contribution in [2.45, 2.75) is 32.9 Å². The first-order valence-corrected chi connectivity index (χ1v) is 10.8. The molecule has 0 aliphatic heterocycles. The Kier molecular flexibility index (Phi) is 8.03. The van der Waals surface area contributed by atoms with Gasteiger partial charge in [0, 0.05) is 20.0 Å². The number of hydrogen-bond donors (Lipinski definition) is 1. The number of nitrogens with zero attached hydrogens (tertiary/aromatic N) is 1. The average molecular weight is 431 g/mol.